The molecule has 2 atom stereocenters. The van der Waals surface area contributed by atoms with Gasteiger partial charge in [-0.25, -0.2) is 0 Å². The molecule has 0 aromatic carbocycles. The quantitative estimate of drug-likeness (QED) is 0.641. The molecule has 0 aliphatic rings. The van der Waals surface area contributed by atoms with Gasteiger partial charge in [-0.1, -0.05) is 13.8 Å². The van der Waals surface area contributed by atoms with Gasteiger partial charge in [0.15, 0.2) is 9.39 Å². The van der Waals surface area contributed by atoms with Gasteiger partial charge in [0.2, 0.25) is 0 Å². The fourth-order valence-electron chi connectivity index (χ4n) is 1.31. The zero-order chi connectivity index (χ0) is 12.3. The van der Waals surface area contributed by atoms with Gasteiger partial charge >= 0.3 is 0 Å². The summed E-state index contributed by atoms with van der Waals surface area (Å²) in [4.78, 5) is 15.6. The Kier molecular flexibility index (Phi) is 4.40. The molecule has 1 heterocycles. The number of aliphatic hydroxyl groups is 1. The number of rotatable bonds is 4. The molecule has 0 bridgehead atoms. The van der Waals surface area contributed by atoms with E-state index in [1.54, 1.807) is 61.0 Å². The van der Waals surface area contributed by atoms with Crippen molar-refractivity contribution in [2.45, 2.75) is 23.5 Å². The van der Waals surface area contributed by atoms with Crippen molar-refractivity contribution in [1.82, 2.24) is 4.98 Å². The lowest BCUT2D eigenvalue weighted by atomic mass is 9.94. The van der Waals surface area contributed by atoms with E-state index in [4.69, 9.17) is 5.73 Å². The van der Waals surface area contributed by atoms with Crippen molar-refractivity contribution in [2.24, 2.45) is 11.7 Å². The maximum absolute atomic E-state index is 11.8. The van der Waals surface area contributed by atoms with Crippen LogP contribution >= 0.6 is 22.6 Å². The number of aromatic nitrogens is 1. The van der Waals surface area contributed by atoms with Gasteiger partial charge in [0.25, 0.3) is 0 Å². The van der Waals surface area contributed by atoms with E-state index < -0.39 is 9.65 Å². The Balaban J connectivity index is 2.98. The highest BCUT2D eigenvalue weighted by Gasteiger charge is 2.38. The molecule has 2 unspecified atom stereocenters. The summed E-state index contributed by atoms with van der Waals surface area (Å²) in [5.41, 5.74) is 6.39. The van der Waals surface area contributed by atoms with Gasteiger partial charge in [0.1, 0.15) is 6.04 Å². The Morgan fingerprint density at radius 3 is 2.44 bits per heavy atom. The molecule has 0 aliphatic heterocycles. The molecule has 0 amide bonds. The molecule has 0 aliphatic carbocycles. The molecule has 0 saturated heterocycles. The summed E-state index contributed by atoms with van der Waals surface area (Å²) >= 11 is 1.80. The van der Waals surface area contributed by atoms with E-state index in [1.807, 2.05) is 0 Å². The normalized spacial score (nSPS) is 16.9. The van der Waals surface area contributed by atoms with Crippen LogP contribution in [0.2, 0.25) is 0 Å². The molecule has 1 aromatic heterocycles. The highest BCUT2D eigenvalue weighted by Crippen LogP contribution is 2.32. The van der Waals surface area contributed by atoms with Crippen molar-refractivity contribution < 1.29 is 9.90 Å². The first kappa shape index (κ1) is 13.5. The van der Waals surface area contributed by atoms with Gasteiger partial charge in [0.05, 0.1) is 0 Å². The second-order valence-corrected chi connectivity index (χ2v) is 5.59. The fourth-order valence-corrected chi connectivity index (χ4v) is 1.98. The number of hydrogen-bond acceptors (Lipinski definition) is 4. The summed E-state index contributed by atoms with van der Waals surface area (Å²) in [6.45, 7) is 3.53. The predicted octanol–water partition coefficient (Wildman–Crippen LogP) is 1.21. The van der Waals surface area contributed by atoms with Gasteiger partial charge in [-0.2, -0.15) is 0 Å². The number of ketones is 1. The maximum Gasteiger partial charge on any atom is 0.163 e. The second kappa shape index (κ2) is 5.20. The van der Waals surface area contributed by atoms with Crippen LogP contribution in [0.5, 0.6) is 0 Å². The topological polar surface area (TPSA) is 76.2 Å². The zero-order valence-electron chi connectivity index (χ0n) is 9.22. The molecule has 0 spiro atoms. The number of nitrogens with two attached hydrogens (primary N) is 1. The molecular formula is C11H15IN2O2. The van der Waals surface area contributed by atoms with Crippen molar-refractivity contribution in [2.75, 3.05) is 0 Å². The number of carbonyl (C=O) groups excluding carboxylic acids is 1. The minimum Gasteiger partial charge on any atom is -0.373 e. The van der Waals surface area contributed by atoms with E-state index in [0.29, 0.717) is 5.56 Å². The van der Waals surface area contributed by atoms with Crippen molar-refractivity contribution >= 4 is 28.4 Å². The number of Topliss-reactive ketones (excluding diaryl/α,β-unsaturated/α-hetero) is 1. The monoisotopic (exact) mass is 334 g/mol. The molecule has 88 valence electrons. The molecule has 1 aromatic rings. The third kappa shape index (κ3) is 2.78. The Labute approximate surface area is 108 Å². The number of nitrogens with zero attached hydrogens (tertiary/aromatic N) is 1. The first-order valence-electron chi connectivity index (χ1n) is 4.98. The lowest BCUT2D eigenvalue weighted by molar-refractivity contribution is -0.126. The first-order valence-corrected chi connectivity index (χ1v) is 6.06. The van der Waals surface area contributed by atoms with Crippen molar-refractivity contribution in [3.05, 3.63) is 30.1 Å². The standard InChI is InChI=1S/C11H15IN2O2/c1-7(2)9(15)10(13)11(12,16)8-3-5-14-6-4-8/h3-7,10,16H,13H2,1-2H3. The summed E-state index contributed by atoms with van der Waals surface area (Å²) in [5, 5.41) is 10.3. The van der Waals surface area contributed by atoms with Crippen LogP contribution in [0.15, 0.2) is 24.5 Å². The molecule has 0 fully saturated rings. The van der Waals surface area contributed by atoms with Crippen molar-refractivity contribution in [3.63, 3.8) is 0 Å². The van der Waals surface area contributed by atoms with Crippen molar-refractivity contribution in [3.8, 4) is 0 Å². The molecule has 0 radical (unpaired) electrons. The SMILES string of the molecule is CC(C)C(=O)C(N)C(O)(I)c1ccncc1. The molecule has 5 heteroatoms. The summed E-state index contributed by atoms with van der Waals surface area (Å²) in [6, 6.07) is 2.37. The molecule has 16 heavy (non-hydrogen) atoms. The minimum atomic E-state index is -1.39. The highest BCUT2D eigenvalue weighted by atomic mass is 127. The third-order valence-electron chi connectivity index (χ3n) is 2.37. The van der Waals surface area contributed by atoms with Crippen LogP contribution in [0, 0.1) is 5.92 Å². The Bertz CT molecular complexity index is 366. The van der Waals surface area contributed by atoms with Gasteiger partial charge in [-0.15, -0.1) is 0 Å². The maximum atomic E-state index is 11.8. The number of pyridine rings is 1. The zero-order valence-corrected chi connectivity index (χ0v) is 11.4. The lowest BCUT2D eigenvalue weighted by Gasteiger charge is -2.28. The Hall–Kier alpha value is -0.530. The van der Waals surface area contributed by atoms with Crippen LogP contribution in [0.1, 0.15) is 19.4 Å². The van der Waals surface area contributed by atoms with Crippen LogP contribution in [0.4, 0.5) is 0 Å². The molecule has 3 N–H and O–H groups in total. The van der Waals surface area contributed by atoms with Crippen LogP contribution in [0.25, 0.3) is 0 Å². The van der Waals surface area contributed by atoms with E-state index in [0.717, 1.165) is 0 Å². The Morgan fingerprint density at radius 1 is 1.50 bits per heavy atom. The van der Waals surface area contributed by atoms with Gasteiger partial charge in [0, 0.05) is 18.3 Å². The summed E-state index contributed by atoms with van der Waals surface area (Å²) < 4.78 is -1.39. The molecule has 0 saturated carbocycles. The summed E-state index contributed by atoms with van der Waals surface area (Å²) in [7, 11) is 0. The highest BCUT2D eigenvalue weighted by molar-refractivity contribution is 14.1. The largest absolute Gasteiger partial charge is 0.373 e. The number of hydrogen-bond donors (Lipinski definition) is 2. The lowest BCUT2D eigenvalue weighted by Crippen LogP contribution is -2.48. The summed E-state index contributed by atoms with van der Waals surface area (Å²) in [6.07, 6.45) is 3.12. The van der Waals surface area contributed by atoms with E-state index >= 15 is 0 Å². The average molecular weight is 334 g/mol. The van der Waals surface area contributed by atoms with Crippen LogP contribution in [-0.4, -0.2) is 21.9 Å². The predicted molar refractivity (Wildman–Crippen MR) is 70.0 cm³/mol. The van der Waals surface area contributed by atoms with Gasteiger partial charge in [-0.05, 0) is 40.3 Å². The number of carbonyl (C=O) groups is 1. The molecule has 1 rings (SSSR count). The number of halogens is 1. The van der Waals surface area contributed by atoms with Gasteiger partial charge in [-0.3, -0.25) is 9.78 Å². The summed E-state index contributed by atoms with van der Waals surface area (Å²) in [5.74, 6) is -0.355. The van der Waals surface area contributed by atoms with E-state index in [1.165, 1.54) is 0 Å². The van der Waals surface area contributed by atoms with Crippen molar-refractivity contribution in [1.29, 1.82) is 0 Å². The minimum absolute atomic E-state index is 0.159. The number of alkyl halides is 1. The average Bonchev–Trinajstić information content (AvgIpc) is 2.28. The molecular weight excluding hydrogens is 319 g/mol. The first-order chi connectivity index (χ1) is 7.37. The van der Waals surface area contributed by atoms with Crippen LogP contribution in [-0.2, 0) is 8.40 Å². The van der Waals surface area contributed by atoms with E-state index in [2.05, 4.69) is 4.98 Å². The van der Waals surface area contributed by atoms with Crippen LogP contribution < -0.4 is 5.73 Å². The Morgan fingerprint density at radius 2 is 2.00 bits per heavy atom. The smallest absolute Gasteiger partial charge is 0.163 e. The third-order valence-corrected chi connectivity index (χ3v) is 3.67. The fraction of sp³-hybridized carbons (Fsp3) is 0.455. The van der Waals surface area contributed by atoms with E-state index in [-0.39, 0.29) is 11.7 Å². The van der Waals surface area contributed by atoms with Crippen LogP contribution in [0.3, 0.4) is 0 Å². The van der Waals surface area contributed by atoms with E-state index in [9.17, 15) is 9.90 Å². The van der Waals surface area contributed by atoms with Gasteiger partial charge < -0.3 is 10.8 Å². The second-order valence-electron chi connectivity index (χ2n) is 3.94. The molecule has 4 nitrogen and oxygen atoms in total.